The number of carbonyl (C=O) groups is 2. The summed E-state index contributed by atoms with van der Waals surface area (Å²) in [6.07, 6.45) is 1.83. The minimum absolute atomic E-state index is 0.112. The maximum atomic E-state index is 15.2. The molecule has 300 valence electrons. The topological polar surface area (TPSA) is 130 Å². The molecule has 11 nitrogen and oxygen atoms in total. The van der Waals surface area contributed by atoms with Gasteiger partial charge in [0.25, 0.3) is 11.8 Å². The van der Waals surface area contributed by atoms with Crippen LogP contribution in [0, 0.1) is 5.92 Å². The van der Waals surface area contributed by atoms with Gasteiger partial charge in [0.05, 0.1) is 47.8 Å². The maximum absolute atomic E-state index is 15.2. The van der Waals surface area contributed by atoms with Crippen molar-refractivity contribution >= 4 is 48.8 Å². The van der Waals surface area contributed by atoms with Crippen molar-refractivity contribution in [2.75, 3.05) is 16.4 Å². The summed E-state index contributed by atoms with van der Waals surface area (Å²) in [4.78, 5) is 44.7. The SMILES string of the molecule is C[C@@H]1[C@@H]([Si](C)(C)O)[C@H](CCn2cc(C(CO)c3ccccc3)nn2)O[C@@]12C(=O)N(Cc1cccc(N3C(=O)c4ccccc4Oc4ccccc43)c1)c1ccc(Cl)cc12. The van der Waals surface area contributed by atoms with Crippen LogP contribution in [-0.4, -0.2) is 57.7 Å². The van der Waals surface area contributed by atoms with E-state index in [1.165, 1.54) is 0 Å². The summed E-state index contributed by atoms with van der Waals surface area (Å²) < 4.78 is 15.0. The lowest BCUT2D eigenvalue weighted by Crippen LogP contribution is -2.46. The quantitative estimate of drug-likeness (QED) is 0.132. The van der Waals surface area contributed by atoms with Gasteiger partial charge in [0.2, 0.25) is 0 Å². The standard InChI is InChI=1S/C46H44ClN5O6Si/c1-29-43(59(2,3)56)42(22-23-50-27-37(48-49-50)35(28-53)31-13-5-4-6-14-31)58-46(29)36-25-32(47)20-21-38(36)51(45(46)55)26-30-12-11-15-33(24-30)52-39-17-8-10-19-41(39)57-40-18-9-7-16-34(40)44(52)54/h4-21,24-25,27,29,35,42-43,53,56H,22-23,26,28H2,1-3H3/t29-,35?,42+,43-,46+/m1/s1. The molecule has 9 rings (SSSR count). The third kappa shape index (κ3) is 6.74. The number of ether oxygens (including phenoxy) is 2. The Morgan fingerprint density at radius 1 is 0.881 bits per heavy atom. The van der Waals surface area contributed by atoms with Crippen molar-refractivity contribution in [1.29, 1.82) is 0 Å². The lowest BCUT2D eigenvalue weighted by molar-refractivity contribution is -0.146. The number of aliphatic hydroxyl groups is 1. The summed E-state index contributed by atoms with van der Waals surface area (Å²) in [5.74, 6) is -0.137. The first-order valence-electron chi connectivity index (χ1n) is 19.8. The Kier molecular flexibility index (Phi) is 10.0. The lowest BCUT2D eigenvalue weighted by Gasteiger charge is -2.32. The molecule has 5 atom stereocenters. The van der Waals surface area contributed by atoms with Crippen LogP contribution in [0.4, 0.5) is 17.1 Å². The van der Waals surface area contributed by atoms with Crippen LogP contribution in [0.2, 0.25) is 23.7 Å². The number of halogens is 1. The molecule has 3 aliphatic rings. The number of aryl methyl sites for hydroxylation is 1. The second-order valence-electron chi connectivity index (χ2n) is 16.1. The van der Waals surface area contributed by atoms with E-state index in [1.54, 1.807) is 32.7 Å². The fraction of sp³-hybridized carbons (Fsp3) is 0.261. The van der Waals surface area contributed by atoms with Gasteiger partial charge in [0.1, 0.15) is 5.75 Å². The molecule has 0 radical (unpaired) electrons. The van der Waals surface area contributed by atoms with Gasteiger partial charge in [0, 0.05) is 40.5 Å². The zero-order valence-electron chi connectivity index (χ0n) is 32.9. The molecule has 0 aliphatic carbocycles. The van der Waals surface area contributed by atoms with Gasteiger partial charge in [-0.2, -0.15) is 0 Å². The fourth-order valence-corrected chi connectivity index (χ4v) is 12.2. The maximum Gasteiger partial charge on any atom is 0.266 e. The Hall–Kier alpha value is -5.63. The molecule has 1 spiro atoms. The van der Waals surface area contributed by atoms with E-state index in [-0.39, 0.29) is 36.4 Å². The molecule has 1 fully saturated rings. The first-order chi connectivity index (χ1) is 28.5. The second-order valence-corrected chi connectivity index (χ2v) is 20.5. The molecule has 13 heteroatoms. The van der Waals surface area contributed by atoms with Crippen LogP contribution >= 0.6 is 11.6 Å². The average molecular weight is 826 g/mol. The van der Waals surface area contributed by atoms with E-state index >= 15 is 4.79 Å². The van der Waals surface area contributed by atoms with Crippen LogP contribution < -0.4 is 14.5 Å². The molecule has 1 aromatic heterocycles. The first kappa shape index (κ1) is 38.9. The van der Waals surface area contributed by atoms with E-state index in [1.807, 2.05) is 129 Å². The van der Waals surface area contributed by atoms with Crippen LogP contribution in [0.3, 0.4) is 0 Å². The number of hydrogen-bond acceptors (Lipinski definition) is 8. The van der Waals surface area contributed by atoms with Gasteiger partial charge >= 0.3 is 0 Å². The Balaban J connectivity index is 1.02. The molecule has 1 saturated heterocycles. The molecular formula is C46H44ClN5O6Si. The highest BCUT2D eigenvalue weighted by molar-refractivity contribution is 6.71. The molecule has 4 heterocycles. The van der Waals surface area contributed by atoms with Crippen molar-refractivity contribution < 1.29 is 29.0 Å². The normalized spacial score (nSPS) is 21.6. The third-order valence-corrected chi connectivity index (χ3v) is 14.8. The van der Waals surface area contributed by atoms with Crippen molar-refractivity contribution in [2.45, 2.75) is 62.7 Å². The van der Waals surface area contributed by atoms with Gasteiger partial charge in [-0.25, -0.2) is 0 Å². The van der Waals surface area contributed by atoms with Gasteiger partial charge in [-0.15, -0.1) is 5.10 Å². The summed E-state index contributed by atoms with van der Waals surface area (Å²) in [6, 6.07) is 37.4. The number of fused-ring (bicyclic) bond motifs is 4. The van der Waals surface area contributed by atoms with Gasteiger partial charge in [-0.3, -0.25) is 19.2 Å². The molecule has 2 N–H and O–H groups in total. The van der Waals surface area contributed by atoms with E-state index in [4.69, 9.17) is 21.1 Å². The highest BCUT2D eigenvalue weighted by Crippen LogP contribution is 2.60. The van der Waals surface area contributed by atoms with Crippen molar-refractivity contribution in [3.63, 3.8) is 0 Å². The number of benzene rings is 5. The molecule has 2 amide bonds. The average Bonchev–Trinajstić information content (AvgIpc) is 3.86. The summed E-state index contributed by atoms with van der Waals surface area (Å²) in [5.41, 5.74) is 3.72. The predicted molar refractivity (Wildman–Crippen MR) is 228 cm³/mol. The number of para-hydroxylation sites is 3. The Morgan fingerprint density at radius 3 is 2.41 bits per heavy atom. The summed E-state index contributed by atoms with van der Waals surface area (Å²) >= 11 is 6.68. The minimum atomic E-state index is -2.95. The Morgan fingerprint density at radius 2 is 1.63 bits per heavy atom. The first-order valence-corrected chi connectivity index (χ1v) is 23.3. The number of aromatic nitrogens is 3. The monoisotopic (exact) mass is 825 g/mol. The van der Waals surface area contributed by atoms with Crippen molar-refractivity contribution in [2.24, 2.45) is 5.92 Å². The summed E-state index contributed by atoms with van der Waals surface area (Å²) in [5, 5.41) is 19.5. The summed E-state index contributed by atoms with van der Waals surface area (Å²) in [7, 11) is -2.95. The number of rotatable bonds is 10. The van der Waals surface area contributed by atoms with Gasteiger partial charge < -0.3 is 24.3 Å². The van der Waals surface area contributed by atoms with E-state index in [0.717, 1.165) is 11.1 Å². The minimum Gasteiger partial charge on any atom is -0.454 e. The number of carbonyl (C=O) groups excluding carboxylic acids is 2. The number of nitrogens with zero attached hydrogens (tertiary/aromatic N) is 5. The fourth-order valence-electron chi connectivity index (χ4n) is 9.42. The molecule has 59 heavy (non-hydrogen) atoms. The molecule has 1 unspecified atom stereocenters. The third-order valence-electron chi connectivity index (χ3n) is 12.0. The van der Waals surface area contributed by atoms with E-state index in [0.29, 0.717) is 63.4 Å². The largest absolute Gasteiger partial charge is 0.454 e. The van der Waals surface area contributed by atoms with Crippen LogP contribution in [0.1, 0.15) is 52.0 Å². The number of aliphatic hydroxyl groups excluding tert-OH is 1. The van der Waals surface area contributed by atoms with Crippen molar-refractivity contribution in [3.8, 4) is 11.5 Å². The molecular weight excluding hydrogens is 782 g/mol. The highest BCUT2D eigenvalue weighted by atomic mass is 35.5. The molecule has 0 saturated carbocycles. The molecule has 0 bridgehead atoms. The number of amides is 2. The van der Waals surface area contributed by atoms with Gasteiger partial charge in [0.15, 0.2) is 19.7 Å². The van der Waals surface area contributed by atoms with E-state index < -0.39 is 25.9 Å². The van der Waals surface area contributed by atoms with Crippen LogP contribution in [-0.2, 0) is 28.2 Å². The number of hydrogen-bond donors (Lipinski definition) is 2. The Bertz CT molecular complexity index is 2560. The van der Waals surface area contributed by atoms with Crippen LogP contribution in [0.5, 0.6) is 11.5 Å². The second kappa shape index (κ2) is 15.2. The van der Waals surface area contributed by atoms with Crippen LogP contribution in [0.25, 0.3) is 0 Å². The van der Waals surface area contributed by atoms with Gasteiger partial charge in [-0.1, -0.05) is 90.5 Å². The van der Waals surface area contributed by atoms with Gasteiger partial charge in [-0.05, 0) is 85.2 Å². The smallest absolute Gasteiger partial charge is 0.266 e. The lowest BCUT2D eigenvalue weighted by atomic mass is 9.82. The zero-order valence-corrected chi connectivity index (χ0v) is 34.7. The van der Waals surface area contributed by atoms with Crippen molar-refractivity contribution in [3.05, 3.63) is 160 Å². The zero-order chi connectivity index (χ0) is 41.1. The summed E-state index contributed by atoms with van der Waals surface area (Å²) in [6.45, 7) is 6.31. The highest BCUT2D eigenvalue weighted by Gasteiger charge is 2.66. The molecule has 5 aromatic carbocycles. The molecule has 3 aliphatic heterocycles. The molecule has 6 aromatic rings. The predicted octanol–water partition coefficient (Wildman–Crippen LogP) is 8.57. The van der Waals surface area contributed by atoms with Crippen LogP contribution in [0.15, 0.2) is 128 Å². The Labute approximate surface area is 348 Å². The van der Waals surface area contributed by atoms with E-state index in [9.17, 15) is 14.7 Å². The van der Waals surface area contributed by atoms with E-state index in [2.05, 4.69) is 10.3 Å². The number of anilines is 3. The van der Waals surface area contributed by atoms with Crippen molar-refractivity contribution in [1.82, 2.24) is 15.0 Å².